The zero-order chi connectivity index (χ0) is 27.8. The summed E-state index contributed by atoms with van der Waals surface area (Å²) in [6.07, 6.45) is -4.16. The van der Waals surface area contributed by atoms with Crippen LogP contribution in [0.1, 0.15) is 75.8 Å². The molecule has 2 aliphatic rings. The molecule has 0 radical (unpaired) electrons. The fraction of sp³-hybridized carbons (Fsp3) is 0.462. The van der Waals surface area contributed by atoms with Gasteiger partial charge in [-0.05, 0) is 86.0 Å². The van der Waals surface area contributed by atoms with Gasteiger partial charge in [0.05, 0.1) is 26.8 Å². The quantitative estimate of drug-likeness (QED) is 0.284. The van der Waals surface area contributed by atoms with Crippen LogP contribution in [-0.4, -0.2) is 23.6 Å². The van der Waals surface area contributed by atoms with E-state index in [2.05, 4.69) is 9.71 Å². The Morgan fingerprint density at radius 1 is 1.11 bits per heavy atom. The van der Waals surface area contributed by atoms with E-state index >= 15 is 0 Å². The molecular weight excluding hydrogens is 568 g/mol. The van der Waals surface area contributed by atoms with Crippen molar-refractivity contribution in [1.29, 1.82) is 0 Å². The van der Waals surface area contributed by atoms with E-state index in [1.807, 2.05) is 26.0 Å². The average molecular weight is 596 g/mol. The minimum absolute atomic E-state index is 0.00622. The van der Waals surface area contributed by atoms with Gasteiger partial charge in [-0.1, -0.05) is 60.8 Å². The van der Waals surface area contributed by atoms with Crippen LogP contribution in [0.3, 0.4) is 0 Å². The molecule has 2 aromatic rings. The molecule has 202 valence electrons. The van der Waals surface area contributed by atoms with Crippen LogP contribution in [0.15, 0.2) is 34.7 Å². The summed E-state index contributed by atoms with van der Waals surface area (Å²) in [5.74, 6) is 0. The molecule has 0 aromatic heterocycles. The van der Waals surface area contributed by atoms with E-state index in [0.29, 0.717) is 36.1 Å². The summed E-state index contributed by atoms with van der Waals surface area (Å²) in [5, 5.41) is 2.78. The van der Waals surface area contributed by atoms with Crippen LogP contribution in [0.4, 0.5) is 18.0 Å². The third-order valence-corrected chi connectivity index (χ3v) is 8.31. The van der Waals surface area contributed by atoms with Gasteiger partial charge in [0.1, 0.15) is 5.60 Å². The molecule has 0 spiro atoms. The number of aryl methyl sites for hydroxylation is 1. The van der Waals surface area contributed by atoms with Crippen molar-refractivity contribution < 1.29 is 22.7 Å². The monoisotopic (exact) mass is 594 g/mol. The van der Waals surface area contributed by atoms with Crippen LogP contribution >= 0.6 is 46.8 Å². The zero-order valence-corrected chi connectivity index (χ0v) is 24.1. The van der Waals surface area contributed by atoms with Crippen LogP contribution in [-0.2, 0) is 15.9 Å². The Morgan fingerprint density at radius 2 is 1.73 bits per heavy atom. The first-order valence-corrected chi connectivity index (χ1v) is 13.7. The zero-order valence-electron chi connectivity index (χ0n) is 21.0. The number of benzene rings is 2. The lowest BCUT2D eigenvalue weighted by molar-refractivity contribution is -0.159. The second-order valence-corrected chi connectivity index (χ2v) is 11.8. The molecular formula is C26H28Cl3F3N2O2S. The Kier molecular flexibility index (Phi) is 9.10. The number of fused-ring (bicyclic) bond motifs is 1. The number of alkyl carbamates (subject to hydrolysis) is 1. The number of halogens is 6. The van der Waals surface area contributed by atoms with E-state index in [-0.39, 0.29) is 33.1 Å². The lowest BCUT2D eigenvalue weighted by Gasteiger charge is -2.30. The van der Waals surface area contributed by atoms with E-state index in [1.54, 1.807) is 26.8 Å². The second kappa shape index (κ2) is 11.2. The van der Waals surface area contributed by atoms with Gasteiger partial charge in [-0.15, -0.1) is 0 Å². The number of rotatable bonds is 3. The summed E-state index contributed by atoms with van der Waals surface area (Å²) in [5.41, 5.74) is 2.09. The summed E-state index contributed by atoms with van der Waals surface area (Å²) in [6, 6.07) is 7.59. The first-order valence-electron chi connectivity index (χ1n) is 11.8. The predicted octanol–water partition coefficient (Wildman–Crippen LogP) is 9.48. The second-order valence-electron chi connectivity index (χ2n) is 9.54. The molecule has 11 heteroatoms. The number of nitrogens with one attached hydrogen (secondary N) is 1. The average Bonchev–Trinajstić information content (AvgIpc) is 3.42. The van der Waals surface area contributed by atoms with Crippen molar-refractivity contribution >= 4 is 58.6 Å². The van der Waals surface area contributed by atoms with Gasteiger partial charge in [-0.25, -0.2) is 9.19 Å². The normalized spacial score (nSPS) is 21.1. The molecule has 4 rings (SSSR count). The van der Waals surface area contributed by atoms with Crippen LogP contribution in [0, 0.1) is 0 Å². The summed E-state index contributed by atoms with van der Waals surface area (Å²) >= 11 is 18.5. The smallest absolute Gasteiger partial charge is 0.409 e. The van der Waals surface area contributed by atoms with Crippen LogP contribution in [0.5, 0.6) is 0 Å². The largest absolute Gasteiger partial charge is 0.444 e. The maximum absolute atomic E-state index is 14.4. The number of amides is 1. The van der Waals surface area contributed by atoms with Gasteiger partial charge < -0.3 is 10.1 Å². The van der Waals surface area contributed by atoms with Crippen molar-refractivity contribution in [3.8, 4) is 0 Å². The molecule has 1 amide bonds. The molecule has 1 N–H and O–H groups in total. The van der Waals surface area contributed by atoms with Crippen LogP contribution in [0.2, 0.25) is 15.1 Å². The molecule has 2 aromatic carbocycles. The van der Waals surface area contributed by atoms with Crippen molar-refractivity contribution in [2.45, 2.75) is 76.4 Å². The molecule has 4 nitrogen and oxygen atoms in total. The molecule has 37 heavy (non-hydrogen) atoms. The van der Waals surface area contributed by atoms with Gasteiger partial charge in [0.15, 0.2) is 4.75 Å². The van der Waals surface area contributed by atoms with Gasteiger partial charge in [-0.2, -0.15) is 13.2 Å². The maximum Gasteiger partial charge on any atom is 0.409 e. The molecule has 1 heterocycles. The van der Waals surface area contributed by atoms with Crippen molar-refractivity contribution in [2.24, 2.45) is 4.40 Å². The molecule has 2 atom stereocenters. The molecule has 0 saturated heterocycles. The highest BCUT2D eigenvalue weighted by Crippen LogP contribution is 2.57. The van der Waals surface area contributed by atoms with Crippen LogP contribution < -0.4 is 5.32 Å². The summed E-state index contributed by atoms with van der Waals surface area (Å²) in [4.78, 5) is 12.2. The van der Waals surface area contributed by atoms with Gasteiger partial charge in [0.2, 0.25) is 0 Å². The summed E-state index contributed by atoms with van der Waals surface area (Å²) in [6.45, 7) is 9.36. The van der Waals surface area contributed by atoms with E-state index in [9.17, 15) is 18.0 Å². The van der Waals surface area contributed by atoms with Crippen molar-refractivity contribution in [2.75, 3.05) is 0 Å². The van der Waals surface area contributed by atoms with Gasteiger partial charge in [0.25, 0.3) is 0 Å². The SMILES string of the molecule is CC.CC(C)(C)OC(=O)NC1CCc2cc(C3=NSC(c4cc(Cl)c(Cl)c(Cl)c4)(C(F)(F)F)C3)ccc21. The Morgan fingerprint density at radius 3 is 2.30 bits per heavy atom. The van der Waals surface area contributed by atoms with Crippen LogP contribution in [0.25, 0.3) is 0 Å². The van der Waals surface area contributed by atoms with Gasteiger partial charge >= 0.3 is 12.3 Å². The number of hydrogen-bond acceptors (Lipinski definition) is 4. The lowest BCUT2D eigenvalue weighted by atomic mass is 9.89. The Bertz CT molecular complexity index is 1190. The highest BCUT2D eigenvalue weighted by molar-refractivity contribution is 7.99. The van der Waals surface area contributed by atoms with Gasteiger partial charge in [0, 0.05) is 6.42 Å². The number of carbonyl (C=O) groups excluding carboxylic acids is 1. The summed E-state index contributed by atoms with van der Waals surface area (Å²) < 4.78 is 50.4. The minimum Gasteiger partial charge on any atom is -0.444 e. The summed E-state index contributed by atoms with van der Waals surface area (Å²) in [7, 11) is 0. The van der Waals surface area contributed by atoms with E-state index < -0.39 is 22.6 Å². The maximum atomic E-state index is 14.4. The van der Waals surface area contributed by atoms with Crippen molar-refractivity contribution in [1.82, 2.24) is 5.32 Å². The van der Waals surface area contributed by atoms with E-state index in [1.165, 1.54) is 12.1 Å². The van der Waals surface area contributed by atoms with Crippen molar-refractivity contribution in [3.63, 3.8) is 0 Å². The van der Waals surface area contributed by atoms with E-state index in [4.69, 9.17) is 39.5 Å². The Labute approximate surface area is 234 Å². The van der Waals surface area contributed by atoms with Crippen molar-refractivity contribution in [3.05, 3.63) is 67.7 Å². The molecule has 1 aliphatic carbocycles. The topological polar surface area (TPSA) is 50.7 Å². The fourth-order valence-electron chi connectivity index (χ4n) is 4.24. The molecule has 2 unspecified atom stereocenters. The number of ether oxygens (including phenoxy) is 1. The number of hydrogen-bond donors (Lipinski definition) is 1. The molecule has 1 aliphatic heterocycles. The number of carbonyl (C=O) groups is 1. The lowest BCUT2D eigenvalue weighted by Crippen LogP contribution is -2.38. The first-order chi connectivity index (χ1) is 17.2. The van der Waals surface area contributed by atoms with Gasteiger partial charge in [-0.3, -0.25) is 0 Å². The number of alkyl halides is 3. The van der Waals surface area contributed by atoms with E-state index in [0.717, 1.165) is 11.1 Å². The third-order valence-electron chi connectivity index (χ3n) is 5.88. The fourth-order valence-corrected chi connectivity index (χ4v) is 5.80. The Balaban J connectivity index is 0.00000186. The highest BCUT2D eigenvalue weighted by Gasteiger charge is 2.60. The molecule has 0 bridgehead atoms. The minimum atomic E-state index is -4.62. The standard InChI is InChI=1S/C24H22Cl3F3N2O2S.C2H6/c1-22(2,3)34-21(33)31-18-7-5-12-8-13(4-6-15(12)18)19-11-23(35-32-19,24(28,29)30)14-9-16(25)20(27)17(26)10-14;1-2/h4,6,8-10,18H,5,7,11H2,1-3H3,(H,31,33);1-2H3. The molecule has 0 saturated carbocycles. The third kappa shape index (κ3) is 6.35. The highest BCUT2D eigenvalue weighted by atomic mass is 35.5. The Hall–Kier alpha value is -1.61. The first kappa shape index (κ1) is 29.9. The predicted molar refractivity (Wildman–Crippen MR) is 146 cm³/mol. The number of nitrogens with zero attached hydrogens (tertiary/aromatic N) is 1. The molecule has 0 fully saturated rings.